The number of ether oxygens (including phenoxy) is 2. The predicted octanol–water partition coefficient (Wildman–Crippen LogP) is 5.06. The fraction of sp³-hybridized carbons (Fsp3) is 0.276. The highest BCUT2D eigenvalue weighted by Gasteiger charge is 2.24. The van der Waals surface area contributed by atoms with E-state index in [1.807, 2.05) is 49.1 Å². The number of hydrogen-bond donors (Lipinski definition) is 0. The van der Waals surface area contributed by atoms with E-state index in [4.69, 9.17) is 9.47 Å². The summed E-state index contributed by atoms with van der Waals surface area (Å²) in [6.45, 7) is 7.53. The second-order valence-corrected chi connectivity index (χ2v) is 8.65. The summed E-state index contributed by atoms with van der Waals surface area (Å²) in [7, 11) is 0. The van der Waals surface area contributed by atoms with Crippen molar-refractivity contribution in [2.24, 2.45) is 0 Å². The molecule has 1 aliphatic rings. The van der Waals surface area contributed by atoms with Crippen LogP contribution in [0.15, 0.2) is 72.8 Å². The summed E-state index contributed by atoms with van der Waals surface area (Å²) in [6.07, 6.45) is 0. The van der Waals surface area contributed by atoms with E-state index < -0.39 is 0 Å². The lowest BCUT2D eigenvalue weighted by molar-refractivity contribution is 0.0746. The molecule has 1 amide bonds. The lowest BCUT2D eigenvalue weighted by Gasteiger charge is -2.35. The number of amides is 1. The Morgan fingerprint density at radius 2 is 1.53 bits per heavy atom. The van der Waals surface area contributed by atoms with Crippen LogP contribution in [0.4, 0.5) is 5.82 Å². The van der Waals surface area contributed by atoms with Gasteiger partial charge in [0.15, 0.2) is 17.3 Å². The Morgan fingerprint density at radius 1 is 0.778 bits per heavy atom. The monoisotopic (exact) mass is 482 g/mol. The number of piperazine rings is 1. The van der Waals surface area contributed by atoms with Gasteiger partial charge in [0.05, 0.1) is 18.9 Å². The number of benzene rings is 3. The molecule has 3 aromatic carbocycles. The molecule has 0 spiro atoms. The molecule has 0 aliphatic carbocycles. The maximum atomic E-state index is 13.1. The SMILES string of the molecule is CCOc1ccc(C(=O)N2CCN(c3ccc(-c4ccc5ccccc5c4)nn3)CC2)cc1OCC. The first-order valence-corrected chi connectivity index (χ1v) is 12.4. The zero-order valence-electron chi connectivity index (χ0n) is 20.7. The maximum absolute atomic E-state index is 13.1. The molecule has 184 valence electrons. The normalized spacial score (nSPS) is 13.6. The molecule has 36 heavy (non-hydrogen) atoms. The molecule has 5 rings (SSSR count). The van der Waals surface area contributed by atoms with E-state index in [0.717, 1.165) is 17.1 Å². The molecule has 0 radical (unpaired) electrons. The Hall–Kier alpha value is -4.13. The van der Waals surface area contributed by atoms with Crippen LogP contribution in [0, 0.1) is 0 Å². The van der Waals surface area contributed by atoms with Crippen molar-refractivity contribution < 1.29 is 14.3 Å². The topological polar surface area (TPSA) is 67.8 Å². The van der Waals surface area contributed by atoms with Crippen LogP contribution >= 0.6 is 0 Å². The predicted molar refractivity (Wildman–Crippen MR) is 142 cm³/mol. The van der Waals surface area contributed by atoms with Crippen molar-refractivity contribution in [2.45, 2.75) is 13.8 Å². The van der Waals surface area contributed by atoms with Crippen LogP contribution in [-0.2, 0) is 0 Å². The third-order valence-corrected chi connectivity index (χ3v) is 6.38. The number of fused-ring (bicyclic) bond motifs is 1. The first-order valence-electron chi connectivity index (χ1n) is 12.4. The Morgan fingerprint density at radius 3 is 2.25 bits per heavy atom. The van der Waals surface area contributed by atoms with Gasteiger partial charge < -0.3 is 19.3 Å². The second kappa shape index (κ2) is 10.6. The van der Waals surface area contributed by atoms with Crippen molar-refractivity contribution in [2.75, 3.05) is 44.3 Å². The summed E-state index contributed by atoms with van der Waals surface area (Å²) in [6, 6.07) is 24.0. The summed E-state index contributed by atoms with van der Waals surface area (Å²) in [5.41, 5.74) is 2.50. The number of carbonyl (C=O) groups excluding carboxylic acids is 1. The van der Waals surface area contributed by atoms with Gasteiger partial charge in [-0.15, -0.1) is 10.2 Å². The van der Waals surface area contributed by atoms with Gasteiger partial charge in [-0.05, 0) is 61.0 Å². The van der Waals surface area contributed by atoms with Crippen LogP contribution in [0.3, 0.4) is 0 Å². The molecule has 2 heterocycles. The van der Waals surface area contributed by atoms with Gasteiger partial charge in [-0.3, -0.25) is 4.79 Å². The second-order valence-electron chi connectivity index (χ2n) is 8.65. The Balaban J connectivity index is 1.23. The zero-order valence-corrected chi connectivity index (χ0v) is 20.7. The highest BCUT2D eigenvalue weighted by molar-refractivity contribution is 5.95. The third-order valence-electron chi connectivity index (χ3n) is 6.38. The van der Waals surface area contributed by atoms with Crippen molar-refractivity contribution >= 4 is 22.5 Å². The molecule has 1 fully saturated rings. The van der Waals surface area contributed by atoms with Crippen LogP contribution in [0.2, 0.25) is 0 Å². The van der Waals surface area contributed by atoms with Crippen molar-refractivity contribution in [3.05, 3.63) is 78.4 Å². The average molecular weight is 483 g/mol. The van der Waals surface area contributed by atoms with E-state index >= 15 is 0 Å². The first-order chi connectivity index (χ1) is 17.7. The largest absolute Gasteiger partial charge is 0.490 e. The molecule has 0 saturated carbocycles. The molecule has 0 unspecified atom stereocenters. The minimum Gasteiger partial charge on any atom is -0.490 e. The number of rotatable bonds is 7. The van der Waals surface area contributed by atoms with E-state index in [-0.39, 0.29) is 5.91 Å². The first kappa shape index (κ1) is 23.6. The fourth-order valence-corrected chi connectivity index (χ4v) is 4.50. The van der Waals surface area contributed by atoms with Gasteiger partial charge in [0.1, 0.15) is 0 Å². The molecule has 0 bridgehead atoms. The lowest BCUT2D eigenvalue weighted by atomic mass is 10.1. The van der Waals surface area contributed by atoms with Crippen molar-refractivity contribution in [3.63, 3.8) is 0 Å². The minimum atomic E-state index is -0.00334. The molecular weight excluding hydrogens is 452 g/mol. The Bertz CT molecular complexity index is 1350. The molecule has 7 heteroatoms. The van der Waals surface area contributed by atoms with Crippen molar-refractivity contribution in [1.82, 2.24) is 15.1 Å². The van der Waals surface area contributed by atoms with Crippen molar-refractivity contribution in [3.8, 4) is 22.8 Å². The van der Waals surface area contributed by atoms with Crippen LogP contribution in [0.1, 0.15) is 24.2 Å². The summed E-state index contributed by atoms with van der Waals surface area (Å²) >= 11 is 0. The van der Waals surface area contributed by atoms with Crippen LogP contribution in [0.5, 0.6) is 11.5 Å². The van der Waals surface area contributed by atoms with Gasteiger partial charge in [-0.25, -0.2) is 0 Å². The quantitative estimate of drug-likeness (QED) is 0.367. The molecule has 1 aliphatic heterocycles. The number of anilines is 1. The minimum absolute atomic E-state index is 0.00334. The van der Waals surface area contributed by atoms with Crippen LogP contribution in [0.25, 0.3) is 22.0 Å². The smallest absolute Gasteiger partial charge is 0.254 e. The number of nitrogens with zero attached hydrogens (tertiary/aromatic N) is 4. The van der Waals surface area contributed by atoms with E-state index in [2.05, 4.69) is 45.4 Å². The standard InChI is InChI=1S/C29H30N4O3/c1-3-35-26-13-11-24(20-27(26)36-4-2)29(34)33-17-15-32(16-18-33)28-14-12-25(30-31-28)23-10-9-21-7-5-6-8-22(21)19-23/h5-14,19-20H,3-4,15-18H2,1-2H3. The lowest BCUT2D eigenvalue weighted by Crippen LogP contribution is -2.49. The molecular formula is C29H30N4O3. The molecule has 0 atom stereocenters. The van der Waals surface area contributed by atoms with Gasteiger partial charge in [-0.2, -0.15) is 0 Å². The highest BCUT2D eigenvalue weighted by atomic mass is 16.5. The number of aromatic nitrogens is 2. The van der Waals surface area contributed by atoms with E-state index in [1.54, 1.807) is 12.1 Å². The molecule has 4 aromatic rings. The summed E-state index contributed by atoms with van der Waals surface area (Å²) in [4.78, 5) is 17.2. The number of hydrogen-bond acceptors (Lipinski definition) is 6. The summed E-state index contributed by atoms with van der Waals surface area (Å²) < 4.78 is 11.3. The third kappa shape index (κ3) is 4.96. The molecule has 1 saturated heterocycles. The average Bonchev–Trinajstić information content (AvgIpc) is 2.94. The van der Waals surface area contributed by atoms with Gasteiger partial charge in [-0.1, -0.05) is 36.4 Å². The fourth-order valence-electron chi connectivity index (χ4n) is 4.50. The molecule has 1 aromatic heterocycles. The van der Waals surface area contributed by atoms with E-state index in [1.165, 1.54) is 10.8 Å². The van der Waals surface area contributed by atoms with Gasteiger partial charge in [0, 0.05) is 37.3 Å². The van der Waals surface area contributed by atoms with Crippen molar-refractivity contribution in [1.29, 1.82) is 0 Å². The Labute approximate surface area is 211 Å². The molecule has 0 N–H and O–H groups in total. The van der Waals surface area contributed by atoms with Gasteiger partial charge >= 0.3 is 0 Å². The van der Waals surface area contributed by atoms with Crippen LogP contribution < -0.4 is 14.4 Å². The number of carbonyl (C=O) groups is 1. The summed E-state index contributed by atoms with van der Waals surface area (Å²) in [5, 5.41) is 11.4. The zero-order chi connectivity index (χ0) is 24.9. The highest BCUT2D eigenvalue weighted by Crippen LogP contribution is 2.29. The van der Waals surface area contributed by atoms with E-state index in [9.17, 15) is 4.79 Å². The summed E-state index contributed by atoms with van der Waals surface area (Å²) in [5.74, 6) is 2.08. The van der Waals surface area contributed by atoms with Gasteiger partial charge in [0.2, 0.25) is 0 Å². The van der Waals surface area contributed by atoms with Gasteiger partial charge in [0.25, 0.3) is 5.91 Å². The van der Waals surface area contributed by atoms with Crippen LogP contribution in [-0.4, -0.2) is 60.4 Å². The Kier molecular flexibility index (Phi) is 6.98. The maximum Gasteiger partial charge on any atom is 0.254 e. The molecule has 7 nitrogen and oxygen atoms in total. The van der Waals surface area contributed by atoms with E-state index in [0.29, 0.717) is 56.5 Å².